The van der Waals surface area contributed by atoms with Crippen LogP contribution in [0.15, 0.2) is 35.7 Å². The fraction of sp³-hybridized carbons (Fsp3) is 0.577. The van der Waals surface area contributed by atoms with Gasteiger partial charge in [0.25, 0.3) is 0 Å². The van der Waals surface area contributed by atoms with Gasteiger partial charge in [-0.25, -0.2) is 4.39 Å². The Morgan fingerprint density at radius 3 is 2.71 bits per heavy atom. The molecule has 1 aromatic carbocycles. The first-order chi connectivity index (χ1) is 16.2. The third-order valence-corrected chi connectivity index (χ3v) is 6.71. The van der Waals surface area contributed by atoms with Crippen LogP contribution in [0.3, 0.4) is 0 Å². The highest BCUT2D eigenvalue weighted by Crippen LogP contribution is 2.34. The van der Waals surface area contributed by atoms with Gasteiger partial charge in [0, 0.05) is 18.0 Å². The van der Waals surface area contributed by atoms with Crippen LogP contribution in [0.1, 0.15) is 50.6 Å². The van der Waals surface area contributed by atoms with Crippen molar-refractivity contribution in [1.29, 1.82) is 0 Å². The number of aliphatic hydroxyl groups is 1. The summed E-state index contributed by atoms with van der Waals surface area (Å²) in [5.74, 6) is 0.278. The van der Waals surface area contributed by atoms with Gasteiger partial charge in [-0.3, -0.25) is 9.69 Å². The third-order valence-electron chi connectivity index (χ3n) is 5.71. The van der Waals surface area contributed by atoms with Crippen LogP contribution in [0, 0.1) is 5.82 Å². The maximum Gasteiger partial charge on any atom is 0.237 e. The molecule has 1 N–H and O–H groups in total. The number of nitrogens with zero attached hydrogens (tertiary/aromatic N) is 2. The van der Waals surface area contributed by atoms with E-state index in [2.05, 4.69) is 18.4 Å². The number of carbonyl (C=O) groups is 1. The topological polar surface area (TPSA) is 62.2 Å². The van der Waals surface area contributed by atoms with Crippen LogP contribution < -0.4 is 4.74 Å². The molecular weight excluding hydrogens is 455 g/mol. The number of benzene rings is 1. The van der Waals surface area contributed by atoms with Crippen LogP contribution in [0.2, 0.25) is 0 Å². The summed E-state index contributed by atoms with van der Waals surface area (Å²) < 4.78 is 24.9. The van der Waals surface area contributed by atoms with Gasteiger partial charge in [-0.15, -0.1) is 11.3 Å². The zero-order chi connectivity index (χ0) is 24.7. The summed E-state index contributed by atoms with van der Waals surface area (Å²) in [5.41, 5.74) is 0.795. The molecule has 2 atom stereocenters. The summed E-state index contributed by atoms with van der Waals surface area (Å²) in [6.45, 7) is 10.4. The Morgan fingerprint density at radius 2 is 2.03 bits per heavy atom. The monoisotopic (exact) mass is 492 g/mol. The Kier molecular flexibility index (Phi) is 9.47. The van der Waals surface area contributed by atoms with E-state index in [4.69, 9.17) is 9.47 Å². The van der Waals surface area contributed by atoms with Gasteiger partial charge in [-0.1, -0.05) is 6.92 Å². The number of carbonyl (C=O) groups excluding carboxylic acids is 1. The molecule has 8 heteroatoms. The highest BCUT2D eigenvalue weighted by molar-refractivity contribution is 7.10. The number of amides is 1. The van der Waals surface area contributed by atoms with Gasteiger partial charge in [0.15, 0.2) is 0 Å². The molecule has 0 saturated heterocycles. The molecule has 0 unspecified atom stereocenters. The second kappa shape index (κ2) is 12.1. The number of thiophene rings is 1. The Hall–Kier alpha value is -2.00. The van der Waals surface area contributed by atoms with Crippen molar-refractivity contribution in [3.05, 3.63) is 52.0 Å². The van der Waals surface area contributed by atoms with E-state index in [-0.39, 0.29) is 36.5 Å². The van der Waals surface area contributed by atoms with Gasteiger partial charge < -0.3 is 19.5 Å². The fourth-order valence-corrected chi connectivity index (χ4v) is 5.04. The van der Waals surface area contributed by atoms with Crippen LogP contribution in [0.25, 0.3) is 0 Å². The third kappa shape index (κ3) is 7.77. The first kappa shape index (κ1) is 26.6. The molecule has 188 valence electrons. The van der Waals surface area contributed by atoms with Crippen molar-refractivity contribution in [3.8, 4) is 5.75 Å². The summed E-state index contributed by atoms with van der Waals surface area (Å²) in [7, 11) is 0. The van der Waals surface area contributed by atoms with Crippen molar-refractivity contribution in [2.45, 2.75) is 58.3 Å². The van der Waals surface area contributed by atoms with E-state index in [0.29, 0.717) is 32.0 Å². The summed E-state index contributed by atoms with van der Waals surface area (Å²) >= 11 is 1.70. The molecule has 1 amide bonds. The Balaban J connectivity index is 1.66. The maximum absolute atomic E-state index is 13.4. The van der Waals surface area contributed by atoms with Gasteiger partial charge >= 0.3 is 0 Å². The van der Waals surface area contributed by atoms with E-state index in [1.165, 1.54) is 17.0 Å². The number of ether oxygens (including phenoxy) is 2. The molecule has 0 bridgehead atoms. The van der Waals surface area contributed by atoms with E-state index in [9.17, 15) is 14.3 Å². The minimum Gasteiger partial charge on any atom is -0.491 e. The average molecular weight is 493 g/mol. The minimum atomic E-state index is -0.666. The number of aliphatic hydroxyl groups excluding tert-OH is 1. The summed E-state index contributed by atoms with van der Waals surface area (Å²) in [5, 5.41) is 12.5. The molecule has 0 spiro atoms. The van der Waals surface area contributed by atoms with Gasteiger partial charge in [-0.2, -0.15) is 0 Å². The number of hydrogen-bond acceptors (Lipinski definition) is 6. The molecule has 6 nitrogen and oxygen atoms in total. The maximum atomic E-state index is 13.4. The lowest BCUT2D eigenvalue weighted by Crippen LogP contribution is -2.48. The Morgan fingerprint density at radius 1 is 1.29 bits per heavy atom. The molecular formula is C26H37FN2O4S. The zero-order valence-electron chi connectivity index (χ0n) is 20.6. The van der Waals surface area contributed by atoms with Crippen molar-refractivity contribution >= 4 is 17.2 Å². The standard InChI is InChI=1S/C26H37FN2O4S/c1-5-12-28(15-20(30)17-33-26(2,3)4)16-25(31)29-13-10-24-22(11-14-34-24)23(29)18-32-21-8-6-19(27)7-9-21/h6-9,11,14,20,23,30H,5,10,12-13,15-18H2,1-4H3/t20-,23-/m1/s1. The van der Waals surface area contributed by atoms with Gasteiger partial charge in [0.2, 0.25) is 5.91 Å². The molecule has 1 aliphatic rings. The highest BCUT2D eigenvalue weighted by Gasteiger charge is 2.33. The first-order valence-corrected chi connectivity index (χ1v) is 12.8. The summed E-state index contributed by atoms with van der Waals surface area (Å²) in [4.78, 5) is 18.6. The molecule has 0 aliphatic carbocycles. The molecule has 0 radical (unpaired) electrons. The molecule has 1 aromatic heterocycles. The smallest absolute Gasteiger partial charge is 0.237 e. The van der Waals surface area contributed by atoms with Crippen molar-refractivity contribution < 1.29 is 23.8 Å². The second-order valence-electron chi connectivity index (χ2n) is 9.73. The molecule has 34 heavy (non-hydrogen) atoms. The molecule has 2 heterocycles. The molecule has 0 fully saturated rings. The lowest BCUT2D eigenvalue weighted by atomic mass is 10.0. The molecule has 1 aliphatic heterocycles. The van der Waals surface area contributed by atoms with E-state index in [1.807, 2.05) is 30.6 Å². The SMILES string of the molecule is CCCN(CC(=O)N1CCc2sccc2[C@H]1COc1ccc(F)cc1)C[C@@H](O)COC(C)(C)C. The van der Waals surface area contributed by atoms with E-state index in [1.54, 1.807) is 23.5 Å². The van der Waals surface area contributed by atoms with Crippen molar-refractivity contribution in [2.24, 2.45) is 0 Å². The zero-order valence-corrected chi connectivity index (χ0v) is 21.4. The van der Waals surface area contributed by atoms with Crippen molar-refractivity contribution in [3.63, 3.8) is 0 Å². The Bertz CT molecular complexity index is 912. The van der Waals surface area contributed by atoms with Crippen molar-refractivity contribution in [2.75, 3.05) is 39.4 Å². The van der Waals surface area contributed by atoms with Gasteiger partial charge in [-0.05, 0) is 81.4 Å². The van der Waals surface area contributed by atoms with Crippen molar-refractivity contribution in [1.82, 2.24) is 9.80 Å². The van der Waals surface area contributed by atoms with Crippen LogP contribution in [0.5, 0.6) is 5.75 Å². The quantitative estimate of drug-likeness (QED) is 0.507. The predicted molar refractivity (Wildman–Crippen MR) is 133 cm³/mol. The largest absolute Gasteiger partial charge is 0.491 e. The number of hydrogen-bond donors (Lipinski definition) is 1. The Labute approximate surface area is 206 Å². The van der Waals surface area contributed by atoms with Crippen LogP contribution in [-0.4, -0.2) is 71.9 Å². The van der Waals surface area contributed by atoms with E-state index < -0.39 is 6.10 Å². The number of fused-ring (bicyclic) bond motifs is 1. The van der Waals surface area contributed by atoms with Gasteiger partial charge in [0.1, 0.15) is 18.2 Å². The van der Waals surface area contributed by atoms with Crippen LogP contribution in [-0.2, 0) is 16.0 Å². The summed E-state index contributed by atoms with van der Waals surface area (Å²) in [6, 6.07) is 7.80. The van der Waals surface area contributed by atoms with Gasteiger partial charge in [0.05, 0.1) is 30.9 Å². The normalized spacial score (nSPS) is 17.0. The first-order valence-electron chi connectivity index (χ1n) is 11.9. The average Bonchev–Trinajstić information content (AvgIpc) is 3.26. The molecule has 3 rings (SSSR count). The van der Waals surface area contributed by atoms with E-state index in [0.717, 1.165) is 18.4 Å². The molecule has 2 aromatic rings. The minimum absolute atomic E-state index is 0.0157. The predicted octanol–water partition coefficient (Wildman–Crippen LogP) is 4.28. The van der Waals surface area contributed by atoms with Crippen LogP contribution in [0.4, 0.5) is 4.39 Å². The number of halogens is 1. The van der Waals surface area contributed by atoms with E-state index >= 15 is 0 Å². The van der Waals surface area contributed by atoms with Crippen LogP contribution >= 0.6 is 11.3 Å². The second-order valence-corrected chi connectivity index (χ2v) is 10.7. The molecule has 0 saturated carbocycles. The highest BCUT2D eigenvalue weighted by atomic mass is 32.1. The summed E-state index contributed by atoms with van der Waals surface area (Å²) in [6.07, 6.45) is 1.04. The number of rotatable bonds is 11. The lowest BCUT2D eigenvalue weighted by molar-refractivity contribution is -0.136. The fourth-order valence-electron chi connectivity index (χ4n) is 4.11. The lowest BCUT2D eigenvalue weighted by Gasteiger charge is -2.37.